The number of hydrogen-bond acceptors (Lipinski definition) is 3. The summed E-state index contributed by atoms with van der Waals surface area (Å²) in [5, 5.41) is 4.94. The lowest BCUT2D eigenvalue weighted by molar-refractivity contribution is 0.189. The van der Waals surface area contributed by atoms with Gasteiger partial charge in [0.25, 0.3) is 0 Å². The minimum Gasteiger partial charge on any atom is -0.330 e. The van der Waals surface area contributed by atoms with Crippen molar-refractivity contribution in [2.24, 2.45) is 7.05 Å². The molecule has 1 saturated heterocycles. The summed E-state index contributed by atoms with van der Waals surface area (Å²) in [6.07, 6.45) is 2.29. The van der Waals surface area contributed by atoms with E-state index < -0.39 is 0 Å². The first-order valence-corrected chi connectivity index (χ1v) is 10.2. The zero-order valence-electron chi connectivity index (χ0n) is 15.5. The average molecular weight is 403 g/mol. The number of rotatable bonds is 5. The van der Waals surface area contributed by atoms with E-state index in [9.17, 15) is 0 Å². The molecule has 0 aliphatic carbocycles. The van der Waals surface area contributed by atoms with E-state index in [1.807, 2.05) is 18.2 Å². The largest absolute Gasteiger partial charge is 0.330 e. The molecule has 1 aliphatic heterocycles. The highest BCUT2D eigenvalue weighted by Crippen LogP contribution is 2.24. The molecule has 0 unspecified atom stereocenters. The van der Waals surface area contributed by atoms with Crippen molar-refractivity contribution < 1.29 is 0 Å². The SMILES string of the molecule is Cn1c(CNC2CCN(Cc3ccc(Cl)c(Cl)c3)CC2)nc2ccccc21. The van der Waals surface area contributed by atoms with Crippen molar-refractivity contribution in [1.29, 1.82) is 0 Å². The van der Waals surface area contributed by atoms with Crippen LogP contribution in [0.5, 0.6) is 0 Å². The first-order chi connectivity index (χ1) is 13.1. The lowest BCUT2D eigenvalue weighted by Gasteiger charge is -2.32. The molecule has 1 N–H and O–H groups in total. The fourth-order valence-corrected chi connectivity index (χ4v) is 4.10. The van der Waals surface area contributed by atoms with E-state index in [1.165, 1.54) is 11.1 Å². The highest BCUT2D eigenvalue weighted by atomic mass is 35.5. The topological polar surface area (TPSA) is 33.1 Å². The summed E-state index contributed by atoms with van der Waals surface area (Å²) in [5.41, 5.74) is 3.47. The van der Waals surface area contributed by atoms with Crippen molar-refractivity contribution in [3.05, 3.63) is 63.9 Å². The zero-order valence-corrected chi connectivity index (χ0v) is 17.0. The third-order valence-electron chi connectivity index (χ3n) is 5.41. The van der Waals surface area contributed by atoms with Crippen molar-refractivity contribution in [3.8, 4) is 0 Å². The monoisotopic (exact) mass is 402 g/mol. The maximum atomic E-state index is 6.13. The summed E-state index contributed by atoms with van der Waals surface area (Å²) < 4.78 is 2.18. The average Bonchev–Trinajstić information content (AvgIpc) is 3.00. The number of para-hydroxylation sites is 2. The summed E-state index contributed by atoms with van der Waals surface area (Å²) in [7, 11) is 2.09. The summed E-state index contributed by atoms with van der Waals surface area (Å²) in [6, 6.07) is 14.7. The lowest BCUT2D eigenvalue weighted by Crippen LogP contribution is -2.42. The van der Waals surface area contributed by atoms with Gasteiger partial charge < -0.3 is 9.88 Å². The third-order valence-corrected chi connectivity index (χ3v) is 6.15. The number of imidazole rings is 1. The van der Waals surface area contributed by atoms with E-state index in [0.29, 0.717) is 16.1 Å². The van der Waals surface area contributed by atoms with Gasteiger partial charge in [-0.25, -0.2) is 4.98 Å². The van der Waals surface area contributed by atoms with Crippen LogP contribution in [0.1, 0.15) is 24.2 Å². The Hall–Kier alpha value is -1.59. The molecular weight excluding hydrogens is 379 g/mol. The minimum atomic E-state index is 0.537. The van der Waals surface area contributed by atoms with Gasteiger partial charge in [-0.3, -0.25) is 4.90 Å². The van der Waals surface area contributed by atoms with Gasteiger partial charge >= 0.3 is 0 Å². The van der Waals surface area contributed by atoms with Crippen molar-refractivity contribution in [3.63, 3.8) is 0 Å². The van der Waals surface area contributed by atoms with Crippen molar-refractivity contribution in [2.75, 3.05) is 13.1 Å². The Bertz CT molecular complexity index is 929. The van der Waals surface area contributed by atoms with Crippen LogP contribution < -0.4 is 5.32 Å². The van der Waals surface area contributed by atoms with Crippen LogP contribution >= 0.6 is 23.2 Å². The number of halogens is 2. The number of likely N-dealkylation sites (tertiary alicyclic amines) is 1. The fourth-order valence-electron chi connectivity index (χ4n) is 3.78. The predicted octanol–water partition coefficient (Wildman–Crippen LogP) is 4.63. The number of benzene rings is 2. The van der Waals surface area contributed by atoms with Crippen molar-refractivity contribution in [1.82, 2.24) is 19.8 Å². The number of nitrogens with zero attached hydrogens (tertiary/aromatic N) is 3. The second-order valence-corrected chi connectivity index (χ2v) is 8.07. The summed E-state index contributed by atoms with van der Waals surface area (Å²) in [6.45, 7) is 3.90. The van der Waals surface area contributed by atoms with Crippen molar-refractivity contribution in [2.45, 2.75) is 32.0 Å². The fraction of sp³-hybridized carbons (Fsp3) is 0.381. The van der Waals surface area contributed by atoms with E-state index in [-0.39, 0.29) is 0 Å². The first kappa shape index (κ1) is 18.8. The highest BCUT2D eigenvalue weighted by Gasteiger charge is 2.19. The molecule has 0 radical (unpaired) electrons. The van der Waals surface area contributed by atoms with Gasteiger partial charge in [-0.15, -0.1) is 0 Å². The van der Waals surface area contributed by atoms with Crippen LogP contribution in [0.3, 0.4) is 0 Å². The molecular formula is C21H24Cl2N4. The van der Waals surface area contributed by atoms with Crippen LogP contribution in [0.4, 0.5) is 0 Å². The smallest absolute Gasteiger partial charge is 0.123 e. The Balaban J connectivity index is 1.29. The van der Waals surface area contributed by atoms with Crippen molar-refractivity contribution >= 4 is 34.2 Å². The van der Waals surface area contributed by atoms with Gasteiger partial charge in [0.15, 0.2) is 0 Å². The van der Waals surface area contributed by atoms with Crippen LogP contribution in [-0.2, 0) is 20.1 Å². The van der Waals surface area contributed by atoms with E-state index in [4.69, 9.17) is 28.2 Å². The molecule has 3 aromatic rings. The molecule has 4 nitrogen and oxygen atoms in total. The number of nitrogens with one attached hydrogen (secondary N) is 1. The molecule has 1 aliphatic rings. The molecule has 2 heterocycles. The molecule has 0 bridgehead atoms. The van der Waals surface area contributed by atoms with E-state index in [0.717, 1.165) is 50.4 Å². The predicted molar refractivity (Wildman–Crippen MR) is 112 cm³/mol. The number of hydrogen-bond donors (Lipinski definition) is 1. The van der Waals surface area contributed by atoms with Crippen LogP contribution in [0.2, 0.25) is 10.0 Å². The van der Waals surface area contributed by atoms with E-state index in [2.05, 4.69) is 46.1 Å². The Morgan fingerprint density at radius 1 is 1.07 bits per heavy atom. The van der Waals surface area contributed by atoms with Crippen LogP contribution in [0.15, 0.2) is 42.5 Å². The number of fused-ring (bicyclic) bond motifs is 1. The molecule has 1 fully saturated rings. The molecule has 1 aromatic heterocycles. The van der Waals surface area contributed by atoms with Gasteiger partial charge in [0, 0.05) is 19.6 Å². The number of aromatic nitrogens is 2. The second kappa shape index (κ2) is 8.19. The molecule has 6 heteroatoms. The molecule has 0 amide bonds. The van der Waals surface area contributed by atoms with Gasteiger partial charge in [-0.2, -0.15) is 0 Å². The van der Waals surface area contributed by atoms with E-state index >= 15 is 0 Å². The Morgan fingerprint density at radius 2 is 1.85 bits per heavy atom. The summed E-state index contributed by atoms with van der Waals surface area (Å²) >= 11 is 12.1. The Labute approximate surface area is 170 Å². The molecule has 0 atom stereocenters. The second-order valence-electron chi connectivity index (χ2n) is 7.26. The molecule has 0 spiro atoms. The maximum Gasteiger partial charge on any atom is 0.123 e. The van der Waals surface area contributed by atoms with Crippen LogP contribution in [0.25, 0.3) is 11.0 Å². The van der Waals surface area contributed by atoms with E-state index in [1.54, 1.807) is 0 Å². The molecule has 2 aromatic carbocycles. The normalized spacial score (nSPS) is 16.3. The maximum absolute atomic E-state index is 6.13. The molecule has 27 heavy (non-hydrogen) atoms. The van der Waals surface area contributed by atoms with Gasteiger partial charge in [-0.05, 0) is 55.8 Å². The minimum absolute atomic E-state index is 0.537. The lowest BCUT2D eigenvalue weighted by atomic mass is 10.0. The summed E-state index contributed by atoms with van der Waals surface area (Å²) in [5.74, 6) is 1.09. The van der Waals surface area contributed by atoms with Crippen LogP contribution in [-0.4, -0.2) is 33.6 Å². The molecule has 142 valence electrons. The Morgan fingerprint density at radius 3 is 2.59 bits per heavy atom. The van der Waals surface area contributed by atoms with Crippen LogP contribution in [0, 0.1) is 0 Å². The summed E-state index contributed by atoms with van der Waals surface area (Å²) in [4.78, 5) is 7.23. The van der Waals surface area contributed by atoms with Gasteiger partial charge in [-0.1, -0.05) is 41.4 Å². The molecule has 0 saturated carbocycles. The third kappa shape index (κ3) is 4.30. The number of aryl methyl sites for hydroxylation is 1. The zero-order chi connectivity index (χ0) is 18.8. The highest BCUT2D eigenvalue weighted by molar-refractivity contribution is 6.42. The van der Waals surface area contributed by atoms with Gasteiger partial charge in [0.1, 0.15) is 5.82 Å². The molecule has 4 rings (SSSR count). The quantitative estimate of drug-likeness (QED) is 0.674. The standard InChI is InChI=1S/C21H24Cl2N4/c1-26-20-5-3-2-4-19(20)25-21(26)13-24-16-8-10-27(11-9-16)14-15-6-7-17(22)18(23)12-15/h2-7,12,16,24H,8-11,13-14H2,1H3. The number of piperidine rings is 1. The first-order valence-electron chi connectivity index (χ1n) is 9.40. The van der Waals surface area contributed by atoms with Gasteiger partial charge in [0.05, 0.1) is 27.6 Å². The van der Waals surface area contributed by atoms with Gasteiger partial charge in [0.2, 0.25) is 0 Å². The Kier molecular flexibility index (Phi) is 5.69.